The molecule has 0 aliphatic carbocycles. The third-order valence-electron chi connectivity index (χ3n) is 4.68. The smallest absolute Gasteiger partial charge is 0.316 e. The van der Waals surface area contributed by atoms with Gasteiger partial charge in [-0.3, -0.25) is 4.79 Å². The van der Waals surface area contributed by atoms with E-state index >= 15 is 0 Å². The molecule has 0 spiro atoms. The maximum Gasteiger partial charge on any atom is 0.316 e. The predicted molar refractivity (Wildman–Crippen MR) is 90.2 cm³/mol. The van der Waals surface area contributed by atoms with E-state index in [9.17, 15) is 4.79 Å². The molecule has 1 saturated heterocycles. The summed E-state index contributed by atoms with van der Waals surface area (Å²) in [6.45, 7) is 4.14. The fourth-order valence-electron chi connectivity index (χ4n) is 3.23. The van der Waals surface area contributed by atoms with Crippen LogP contribution in [0.15, 0.2) is 6.20 Å². The first-order chi connectivity index (χ1) is 11.2. The largest absolute Gasteiger partial charge is 0.463 e. The molecule has 0 aromatic carbocycles. The normalized spacial score (nSPS) is 19.4. The maximum atomic E-state index is 10.7. The fraction of sp³-hybridized carbons (Fsp3) is 0.688. The molecule has 3 rings (SSSR count). The van der Waals surface area contributed by atoms with E-state index in [2.05, 4.69) is 22.8 Å². The summed E-state index contributed by atoms with van der Waals surface area (Å²) >= 11 is 4.37. The van der Waals surface area contributed by atoms with Crippen LogP contribution in [0.25, 0.3) is 0 Å². The third-order valence-corrected chi connectivity index (χ3v) is 5.02. The lowest BCUT2D eigenvalue weighted by Crippen LogP contribution is -2.32. The van der Waals surface area contributed by atoms with Crippen molar-refractivity contribution < 1.29 is 9.53 Å². The maximum absolute atomic E-state index is 10.7. The number of ether oxygens (including phenoxy) is 1. The van der Waals surface area contributed by atoms with E-state index in [1.807, 2.05) is 15.4 Å². The van der Waals surface area contributed by atoms with Crippen molar-refractivity contribution in [3.63, 3.8) is 0 Å². The van der Waals surface area contributed by atoms with Crippen molar-refractivity contribution >= 4 is 19.2 Å². The minimum Gasteiger partial charge on any atom is -0.463 e. The van der Waals surface area contributed by atoms with Gasteiger partial charge in [0.15, 0.2) is 0 Å². The number of carbonyl (C=O) groups is 1. The predicted octanol–water partition coefficient (Wildman–Crippen LogP) is 1.71. The monoisotopic (exact) mass is 336 g/mol. The number of fused-ring (bicyclic) bond motifs is 1. The summed E-state index contributed by atoms with van der Waals surface area (Å²) in [6.07, 6.45) is 8.08. The number of carbonyl (C=O) groups excluding carboxylic acids is 1. The standard InChI is InChI=1S/C16H24N4O2S/c21-12-19-6-3-13(4-7-19)2-1-9-22-16-17-10-14-11-20(23)8-5-15(14)18-16/h10,12-13,23H,1-9,11H2. The Balaban J connectivity index is 1.39. The quantitative estimate of drug-likeness (QED) is 0.487. The second-order valence-corrected chi connectivity index (χ2v) is 6.90. The molecule has 1 amide bonds. The zero-order chi connectivity index (χ0) is 16.1. The molecule has 0 bridgehead atoms. The number of hydrogen-bond donors (Lipinski definition) is 1. The number of nitrogens with zero attached hydrogens (tertiary/aromatic N) is 4. The van der Waals surface area contributed by atoms with Crippen LogP contribution < -0.4 is 4.74 Å². The molecule has 0 saturated carbocycles. The van der Waals surface area contributed by atoms with E-state index in [4.69, 9.17) is 4.74 Å². The van der Waals surface area contributed by atoms with Gasteiger partial charge in [0.25, 0.3) is 0 Å². The van der Waals surface area contributed by atoms with Crippen LogP contribution in [0.4, 0.5) is 0 Å². The zero-order valence-corrected chi connectivity index (χ0v) is 14.3. The van der Waals surface area contributed by atoms with Crippen molar-refractivity contribution in [2.75, 3.05) is 26.2 Å². The molecule has 0 unspecified atom stereocenters. The Morgan fingerprint density at radius 3 is 2.96 bits per heavy atom. The number of thiol groups is 1. The first-order valence-corrected chi connectivity index (χ1v) is 8.75. The van der Waals surface area contributed by atoms with Gasteiger partial charge in [-0.2, -0.15) is 4.98 Å². The van der Waals surface area contributed by atoms with Crippen LogP contribution in [0.2, 0.25) is 0 Å². The second-order valence-electron chi connectivity index (χ2n) is 6.34. The van der Waals surface area contributed by atoms with Gasteiger partial charge >= 0.3 is 6.01 Å². The first kappa shape index (κ1) is 16.5. The van der Waals surface area contributed by atoms with Gasteiger partial charge in [0.2, 0.25) is 6.41 Å². The second kappa shape index (κ2) is 7.97. The molecular formula is C16H24N4O2S. The van der Waals surface area contributed by atoms with Gasteiger partial charge in [0.1, 0.15) is 0 Å². The van der Waals surface area contributed by atoms with E-state index in [0.717, 1.165) is 76.0 Å². The van der Waals surface area contributed by atoms with Crippen LogP contribution in [-0.2, 0) is 17.8 Å². The molecule has 1 aromatic heterocycles. The highest BCUT2D eigenvalue weighted by atomic mass is 32.1. The number of hydrogen-bond acceptors (Lipinski definition) is 6. The minimum atomic E-state index is 0.493. The molecule has 2 aliphatic rings. The van der Waals surface area contributed by atoms with Crippen molar-refractivity contribution in [2.45, 2.75) is 38.6 Å². The third kappa shape index (κ3) is 4.57. The molecule has 0 atom stereocenters. The van der Waals surface area contributed by atoms with Crippen molar-refractivity contribution in [2.24, 2.45) is 5.92 Å². The number of aromatic nitrogens is 2. The van der Waals surface area contributed by atoms with Crippen LogP contribution in [0.1, 0.15) is 36.9 Å². The molecule has 126 valence electrons. The van der Waals surface area contributed by atoms with Crippen molar-refractivity contribution in [1.29, 1.82) is 0 Å². The van der Waals surface area contributed by atoms with Crippen molar-refractivity contribution in [3.8, 4) is 6.01 Å². The Hall–Kier alpha value is -1.34. The highest BCUT2D eigenvalue weighted by Gasteiger charge is 2.18. The molecule has 3 heterocycles. The summed E-state index contributed by atoms with van der Waals surface area (Å²) in [5.41, 5.74) is 2.22. The lowest BCUT2D eigenvalue weighted by molar-refractivity contribution is -0.119. The SMILES string of the molecule is O=CN1CCC(CCCOc2ncc3c(n2)CCN(S)C3)CC1. The van der Waals surface area contributed by atoms with Crippen LogP contribution in [0.3, 0.4) is 0 Å². The minimum absolute atomic E-state index is 0.493. The fourth-order valence-corrected chi connectivity index (χ4v) is 3.49. The Labute approximate surface area is 142 Å². The van der Waals surface area contributed by atoms with Gasteiger partial charge in [-0.05, 0) is 31.6 Å². The van der Waals surface area contributed by atoms with Gasteiger partial charge in [-0.1, -0.05) is 12.8 Å². The summed E-state index contributed by atoms with van der Waals surface area (Å²) in [5, 5.41) is 0. The zero-order valence-electron chi connectivity index (χ0n) is 13.4. The van der Waals surface area contributed by atoms with Gasteiger partial charge in [-0.15, -0.1) is 0 Å². The average molecular weight is 336 g/mol. The van der Waals surface area contributed by atoms with Crippen LogP contribution in [0.5, 0.6) is 6.01 Å². The highest BCUT2D eigenvalue weighted by molar-refractivity contribution is 7.77. The Morgan fingerprint density at radius 1 is 1.35 bits per heavy atom. The molecule has 23 heavy (non-hydrogen) atoms. The Morgan fingerprint density at radius 2 is 2.17 bits per heavy atom. The molecule has 0 radical (unpaired) electrons. The molecule has 6 nitrogen and oxygen atoms in total. The Kier molecular flexibility index (Phi) is 5.72. The van der Waals surface area contributed by atoms with E-state index in [-0.39, 0.29) is 0 Å². The number of rotatable bonds is 6. The highest BCUT2D eigenvalue weighted by Crippen LogP contribution is 2.22. The van der Waals surface area contributed by atoms with Crippen molar-refractivity contribution in [1.82, 2.24) is 19.2 Å². The van der Waals surface area contributed by atoms with Crippen molar-refractivity contribution in [3.05, 3.63) is 17.5 Å². The summed E-state index contributed by atoms with van der Waals surface area (Å²) in [5.74, 6) is 0.709. The lowest BCUT2D eigenvalue weighted by Gasteiger charge is -2.29. The molecule has 1 fully saturated rings. The van der Waals surface area contributed by atoms with Gasteiger partial charge < -0.3 is 9.64 Å². The van der Waals surface area contributed by atoms with Crippen LogP contribution >= 0.6 is 12.8 Å². The lowest BCUT2D eigenvalue weighted by atomic mass is 9.93. The van der Waals surface area contributed by atoms with E-state index in [1.165, 1.54) is 0 Å². The van der Waals surface area contributed by atoms with E-state index in [1.54, 1.807) is 0 Å². The average Bonchev–Trinajstić information content (AvgIpc) is 2.59. The Bertz CT molecular complexity index is 535. The van der Waals surface area contributed by atoms with Crippen LogP contribution in [0, 0.1) is 5.92 Å². The molecule has 7 heteroatoms. The van der Waals surface area contributed by atoms with Crippen LogP contribution in [-0.4, -0.2) is 51.8 Å². The first-order valence-electron chi connectivity index (χ1n) is 8.35. The number of piperidine rings is 1. The van der Waals surface area contributed by atoms with Gasteiger partial charge in [0.05, 0.1) is 12.3 Å². The summed E-state index contributed by atoms with van der Waals surface area (Å²) in [6, 6.07) is 0.493. The molecule has 2 aliphatic heterocycles. The van der Waals surface area contributed by atoms with E-state index < -0.39 is 0 Å². The number of amides is 1. The van der Waals surface area contributed by atoms with Gasteiger partial charge in [0, 0.05) is 44.4 Å². The molecule has 0 N–H and O–H groups in total. The summed E-state index contributed by atoms with van der Waals surface area (Å²) < 4.78 is 7.69. The summed E-state index contributed by atoms with van der Waals surface area (Å²) in [4.78, 5) is 21.4. The van der Waals surface area contributed by atoms with E-state index in [0.29, 0.717) is 18.5 Å². The molecular weight excluding hydrogens is 312 g/mol. The summed E-state index contributed by atoms with van der Waals surface area (Å²) in [7, 11) is 0. The molecule has 1 aromatic rings. The topological polar surface area (TPSA) is 58.6 Å². The number of likely N-dealkylation sites (tertiary alicyclic amines) is 1. The van der Waals surface area contributed by atoms with Gasteiger partial charge in [-0.25, -0.2) is 9.29 Å².